The van der Waals surface area contributed by atoms with Crippen LogP contribution in [0.1, 0.15) is 44.1 Å². The number of ether oxygens (including phenoxy) is 2. The number of nitrogens with one attached hydrogen (secondary N) is 1. The van der Waals surface area contributed by atoms with E-state index in [1.54, 1.807) is 0 Å². The second-order valence-electron chi connectivity index (χ2n) is 6.73. The van der Waals surface area contributed by atoms with Crippen molar-refractivity contribution < 1.29 is 9.47 Å². The summed E-state index contributed by atoms with van der Waals surface area (Å²) in [7, 11) is 0. The van der Waals surface area contributed by atoms with Crippen molar-refractivity contribution >= 4 is 0 Å². The van der Waals surface area contributed by atoms with Gasteiger partial charge in [0, 0.05) is 25.9 Å². The zero-order valence-corrected chi connectivity index (χ0v) is 13.6. The van der Waals surface area contributed by atoms with Crippen LogP contribution in [0, 0.1) is 0 Å². The average Bonchev–Trinajstić information content (AvgIpc) is 2.56. The molecule has 2 fully saturated rings. The third-order valence-corrected chi connectivity index (χ3v) is 5.07. The third kappa shape index (κ3) is 4.55. The Morgan fingerprint density at radius 1 is 1.05 bits per heavy atom. The number of rotatable bonds is 6. The third-order valence-electron chi connectivity index (χ3n) is 5.07. The number of hydrogen-bond donors (Lipinski definition) is 1. The SMILES string of the molecule is c1ccc(CCCCN[C@@H]2CCOC3(CCOCC3)C2)cc1. The van der Waals surface area contributed by atoms with Gasteiger partial charge in [0.1, 0.15) is 0 Å². The highest BCUT2D eigenvalue weighted by Gasteiger charge is 2.38. The molecule has 0 saturated carbocycles. The zero-order valence-electron chi connectivity index (χ0n) is 13.6. The smallest absolute Gasteiger partial charge is 0.0741 e. The van der Waals surface area contributed by atoms with Gasteiger partial charge < -0.3 is 14.8 Å². The largest absolute Gasteiger partial charge is 0.381 e. The van der Waals surface area contributed by atoms with Gasteiger partial charge in [0.15, 0.2) is 0 Å². The van der Waals surface area contributed by atoms with Gasteiger partial charge >= 0.3 is 0 Å². The number of benzene rings is 1. The molecule has 0 bridgehead atoms. The lowest BCUT2D eigenvalue weighted by Gasteiger charge is -2.43. The summed E-state index contributed by atoms with van der Waals surface area (Å²) >= 11 is 0. The molecule has 0 radical (unpaired) electrons. The van der Waals surface area contributed by atoms with Crippen molar-refractivity contribution in [2.75, 3.05) is 26.4 Å². The van der Waals surface area contributed by atoms with Gasteiger partial charge in [-0.05, 0) is 57.1 Å². The van der Waals surface area contributed by atoms with Crippen LogP contribution < -0.4 is 5.32 Å². The fraction of sp³-hybridized carbons (Fsp3) is 0.684. The lowest BCUT2D eigenvalue weighted by molar-refractivity contribution is -0.140. The van der Waals surface area contributed by atoms with E-state index in [0.29, 0.717) is 6.04 Å². The van der Waals surface area contributed by atoms with Crippen LogP contribution in [-0.2, 0) is 15.9 Å². The number of hydrogen-bond acceptors (Lipinski definition) is 3. The molecule has 0 unspecified atom stereocenters. The summed E-state index contributed by atoms with van der Waals surface area (Å²) in [5.41, 5.74) is 1.56. The first-order valence-corrected chi connectivity index (χ1v) is 8.85. The minimum atomic E-state index is 0.109. The fourth-order valence-electron chi connectivity index (χ4n) is 3.70. The Kier molecular flexibility index (Phi) is 5.88. The maximum Gasteiger partial charge on any atom is 0.0741 e. The molecule has 0 aromatic heterocycles. The van der Waals surface area contributed by atoms with Crippen molar-refractivity contribution in [1.29, 1.82) is 0 Å². The van der Waals surface area contributed by atoms with E-state index in [0.717, 1.165) is 52.0 Å². The lowest BCUT2D eigenvalue weighted by atomic mass is 9.84. The first kappa shape index (κ1) is 16.0. The molecule has 1 spiro atoms. The quantitative estimate of drug-likeness (QED) is 0.818. The molecule has 122 valence electrons. The van der Waals surface area contributed by atoms with Crippen LogP contribution in [0.15, 0.2) is 30.3 Å². The molecule has 1 N–H and O–H groups in total. The van der Waals surface area contributed by atoms with E-state index in [4.69, 9.17) is 9.47 Å². The molecule has 1 aromatic carbocycles. The summed E-state index contributed by atoms with van der Waals surface area (Å²) in [5.74, 6) is 0. The molecule has 2 saturated heterocycles. The van der Waals surface area contributed by atoms with Gasteiger partial charge in [0.05, 0.1) is 5.60 Å². The van der Waals surface area contributed by atoms with Gasteiger partial charge in [-0.25, -0.2) is 0 Å². The Bertz CT molecular complexity index is 423. The number of aryl methyl sites for hydroxylation is 1. The first-order valence-electron chi connectivity index (χ1n) is 8.85. The maximum atomic E-state index is 6.10. The van der Waals surface area contributed by atoms with Crippen LogP contribution in [-0.4, -0.2) is 38.0 Å². The molecule has 2 aliphatic heterocycles. The second-order valence-corrected chi connectivity index (χ2v) is 6.73. The standard InChI is InChI=1S/C19H29NO2/c1-2-6-17(7-3-1)8-4-5-12-20-18-9-13-22-19(16-18)10-14-21-15-11-19/h1-3,6-7,18,20H,4-5,8-16H2/t18-/m1/s1. The molecular weight excluding hydrogens is 274 g/mol. The fourth-order valence-corrected chi connectivity index (χ4v) is 3.70. The van der Waals surface area contributed by atoms with Crippen molar-refractivity contribution in [3.63, 3.8) is 0 Å². The van der Waals surface area contributed by atoms with E-state index < -0.39 is 0 Å². The predicted molar refractivity (Wildman–Crippen MR) is 89.1 cm³/mol. The van der Waals surface area contributed by atoms with Crippen LogP contribution in [0.3, 0.4) is 0 Å². The van der Waals surface area contributed by atoms with Gasteiger partial charge in [0.25, 0.3) is 0 Å². The van der Waals surface area contributed by atoms with Crippen LogP contribution in [0.4, 0.5) is 0 Å². The minimum Gasteiger partial charge on any atom is -0.381 e. The van der Waals surface area contributed by atoms with Crippen LogP contribution in [0.5, 0.6) is 0 Å². The van der Waals surface area contributed by atoms with E-state index in [1.807, 2.05) is 0 Å². The molecule has 3 rings (SSSR count). The highest BCUT2D eigenvalue weighted by atomic mass is 16.5. The van der Waals surface area contributed by atoms with E-state index in [1.165, 1.54) is 24.8 Å². The summed E-state index contributed by atoms with van der Waals surface area (Å²) in [6.07, 6.45) is 8.16. The van der Waals surface area contributed by atoms with E-state index in [9.17, 15) is 0 Å². The molecule has 3 nitrogen and oxygen atoms in total. The molecule has 2 aliphatic rings. The Morgan fingerprint density at radius 3 is 2.68 bits per heavy atom. The lowest BCUT2D eigenvalue weighted by Crippen LogP contribution is -2.50. The van der Waals surface area contributed by atoms with Crippen LogP contribution >= 0.6 is 0 Å². The summed E-state index contributed by atoms with van der Waals surface area (Å²) in [6, 6.07) is 11.4. The van der Waals surface area contributed by atoms with Gasteiger partial charge in [-0.3, -0.25) is 0 Å². The summed E-state index contributed by atoms with van der Waals surface area (Å²) in [4.78, 5) is 0. The van der Waals surface area contributed by atoms with E-state index in [-0.39, 0.29) is 5.60 Å². The Morgan fingerprint density at radius 2 is 1.86 bits per heavy atom. The molecule has 2 heterocycles. The molecule has 0 aliphatic carbocycles. The van der Waals surface area contributed by atoms with E-state index in [2.05, 4.69) is 35.6 Å². The van der Waals surface area contributed by atoms with Crippen molar-refractivity contribution in [2.45, 2.75) is 56.6 Å². The van der Waals surface area contributed by atoms with E-state index >= 15 is 0 Å². The van der Waals surface area contributed by atoms with Crippen molar-refractivity contribution in [3.05, 3.63) is 35.9 Å². The minimum absolute atomic E-state index is 0.109. The predicted octanol–water partition coefficient (Wildman–Crippen LogP) is 3.33. The maximum absolute atomic E-state index is 6.10. The molecule has 1 atom stereocenters. The van der Waals surface area contributed by atoms with Crippen molar-refractivity contribution in [3.8, 4) is 0 Å². The first-order chi connectivity index (χ1) is 10.9. The van der Waals surface area contributed by atoms with Crippen LogP contribution in [0.25, 0.3) is 0 Å². The van der Waals surface area contributed by atoms with Gasteiger partial charge in [0.2, 0.25) is 0 Å². The molecule has 1 aromatic rings. The highest BCUT2D eigenvalue weighted by molar-refractivity contribution is 5.14. The van der Waals surface area contributed by atoms with Gasteiger partial charge in [-0.1, -0.05) is 30.3 Å². The molecule has 0 amide bonds. The van der Waals surface area contributed by atoms with Gasteiger partial charge in [-0.15, -0.1) is 0 Å². The average molecular weight is 303 g/mol. The summed E-state index contributed by atoms with van der Waals surface area (Å²) < 4.78 is 11.6. The zero-order chi connectivity index (χ0) is 15.1. The van der Waals surface area contributed by atoms with Crippen molar-refractivity contribution in [1.82, 2.24) is 5.32 Å². The Labute approximate surface area is 134 Å². The van der Waals surface area contributed by atoms with Crippen LogP contribution in [0.2, 0.25) is 0 Å². The Balaban J connectivity index is 1.33. The molecule has 22 heavy (non-hydrogen) atoms. The second kappa shape index (κ2) is 8.09. The van der Waals surface area contributed by atoms with Crippen molar-refractivity contribution in [2.24, 2.45) is 0 Å². The topological polar surface area (TPSA) is 30.5 Å². The summed E-state index contributed by atoms with van der Waals surface area (Å²) in [5, 5.41) is 3.76. The number of unbranched alkanes of at least 4 members (excludes halogenated alkanes) is 1. The summed E-state index contributed by atoms with van der Waals surface area (Å²) in [6.45, 7) is 3.76. The molecule has 3 heteroatoms. The monoisotopic (exact) mass is 303 g/mol. The highest BCUT2D eigenvalue weighted by Crippen LogP contribution is 2.34. The van der Waals surface area contributed by atoms with Gasteiger partial charge in [-0.2, -0.15) is 0 Å². The normalized spacial score (nSPS) is 24.5. The molecular formula is C19H29NO2. The Hall–Kier alpha value is -0.900.